The van der Waals surface area contributed by atoms with Crippen LogP contribution in [0, 0.1) is 12.3 Å². The first kappa shape index (κ1) is 8.48. The quantitative estimate of drug-likeness (QED) is 0.767. The molecule has 1 fully saturated rings. The average molecular weight is 177 g/mol. The minimum Gasteiger partial charge on any atom is -0.368 e. The second-order valence-corrected chi connectivity index (χ2v) is 4.28. The fourth-order valence-electron chi connectivity index (χ4n) is 1.24. The zero-order valence-corrected chi connectivity index (χ0v) is 8.17. The molecule has 0 atom stereocenters. The molecule has 70 valence electrons. The molecular weight excluding hydrogens is 162 g/mol. The SMILES string of the molecule is Cc1cnnc(NCC2(C)CC2)c1. The summed E-state index contributed by atoms with van der Waals surface area (Å²) in [4.78, 5) is 0. The summed E-state index contributed by atoms with van der Waals surface area (Å²) in [6.45, 7) is 5.34. The lowest BCUT2D eigenvalue weighted by Gasteiger charge is -2.09. The van der Waals surface area contributed by atoms with Crippen LogP contribution < -0.4 is 5.32 Å². The van der Waals surface area contributed by atoms with Crippen molar-refractivity contribution < 1.29 is 0 Å². The summed E-state index contributed by atoms with van der Waals surface area (Å²) in [6, 6.07) is 2.03. The average Bonchev–Trinajstić information content (AvgIpc) is 2.82. The predicted octanol–water partition coefficient (Wildman–Crippen LogP) is 2.00. The molecule has 3 heteroatoms. The van der Waals surface area contributed by atoms with Gasteiger partial charge in [-0.05, 0) is 36.8 Å². The van der Waals surface area contributed by atoms with Crippen molar-refractivity contribution in [3.63, 3.8) is 0 Å². The van der Waals surface area contributed by atoms with Crippen LogP contribution in [0.2, 0.25) is 0 Å². The van der Waals surface area contributed by atoms with Gasteiger partial charge in [0.25, 0.3) is 0 Å². The van der Waals surface area contributed by atoms with Crippen molar-refractivity contribution in [1.29, 1.82) is 0 Å². The monoisotopic (exact) mass is 177 g/mol. The Hall–Kier alpha value is -1.12. The molecular formula is C10H15N3. The lowest BCUT2D eigenvalue weighted by Crippen LogP contribution is -2.12. The van der Waals surface area contributed by atoms with Crippen LogP contribution in [0.1, 0.15) is 25.3 Å². The fraction of sp³-hybridized carbons (Fsp3) is 0.600. The molecule has 0 amide bonds. The smallest absolute Gasteiger partial charge is 0.148 e. The second kappa shape index (κ2) is 2.98. The van der Waals surface area contributed by atoms with Gasteiger partial charge in [0.2, 0.25) is 0 Å². The molecule has 1 aliphatic carbocycles. The Morgan fingerprint density at radius 1 is 1.54 bits per heavy atom. The van der Waals surface area contributed by atoms with Gasteiger partial charge in [0.05, 0.1) is 6.20 Å². The van der Waals surface area contributed by atoms with Crippen LogP contribution in [0.4, 0.5) is 5.82 Å². The van der Waals surface area contributed by atoms with E-state index >= 15 is 0 Å². The molecule has 1 heterocycles. The highest BCUT2D eigenvalue weighted by atomic mass is 15.2. The van der Waals surface area contributed by atoms with Gasteiger partial charge < -0.3 is 5.32 Å². The van der Waals surface area contributed by atoms with E-state index in [1.54, 1.807) is 6.20 Å². The van der Waals surface area contributed by atoms with Crippen LogP contribution in [0.3, 0.4) is 0 Å². The van der Waals surface area contributed by atoms with Crippen LogP contribution in [0.5, 0.6) is 0 Å². The first-order chi connectivity index (χ1) is 6.18. The standard InChI is InChI=1S/C10H15N3/c1-8-5-9(13-12-6-8)11-7-10(2)3-4-10/h5-6H,3-4,7H2,1-2H3,(H,11,13). The molecule has 0 saturated heterocycles. The molecule has 3 nitrogen and oxygen atoms in total. The minimum absolute atomic E-state index is 0.519. The third-order valence-corrected chi connectivity index (χ3v) is 2.59. The van der Waals surface area contributed by atoms with E-state index in [2.05, 4.69) is 22.4 Å². The van der Waals surface area contributed by atoms with Crippen LogP contribution >= 0.6 is 0 Å². The van der Waals surface area contributed by atoms with E-state index in [4.69, 9.17) is 0 Å². The topological polar surface area (TPSA) is 37.8 Å². The number of hydrogen-bond acceptors (Lipinski definition) is 3. The van der Waals surface area contributed by atoms with Crippen LogP contribution in [-0.2, 0) is 0 Å². The summed E-state index contributed by atoms with van der Waals surface area (Å²) < 4.78 is 0. The maximum atomic E-state index is 4.01. The van der Waals surface area contributed by atoms with Gasteiger partial charge in [0.15, 0.2) is 0 Å². The number of nitrogens with zero attached hydrogens (tertiary/aromatic N) is 2. The van der Waals surface area contributed by atoms with Gasteiger partial charge in [0.1, 0.15) is 5.82 Å². The van der Waals surface area contributed by atoms with E-state index in [0.29, 0.717) is 5.41 Å². The number of rotatable bonds is 3. The molecule has 13 heavy (non-hydrogen) atoms. The van der Waals surface area contributed by atoms with Crippen LogP contribution in [0.15, 0.2) is 12.3 Å². The highest BCUT2D eigenvalue weighted by molar-refractivity contribution is 5.35. The molecule has 0 aromatic carbocycles. The van der Waals surface area contributed by atoms with E-state index in [9.17, 15) is 0 Å². The van der Waals surface area contributed by atoms with Crippen molar-refractivity contribution >= 4 is 5.82 Å². The Morgan fingerprint density at radius 2 is 2.31 bits per heavy atom. The summed E-state index contributed by atoms with van der Waals surface area (Å²) in [5.41, 5.74) is 1.67. The molecule has 0 radical (unpaired) electrons. The summed E-state index contributed by atoms with van der Waals surface area (Å²) in [7, 11) is 0. The highest BCUT2D eigenvalue weighted by Gasteiger charge is 2.36. The summed E-state index contributed by atoms with van der Waals surface area (Å²) in [5, 5.41) is 11.2. The zero-order valence-electron chi connectivity index (χ0n) is 8.17. The van der Waals surface area contributed by atoms with Crippen molar-refractivity contribution in [2.45, 2.75) is 26.7 Å². The maximum Gasteiger partial charge on any atom is 0.148 e. The summed E-state index contributed by atoms with van der Waals surface area (Å²) in [6.07, 6.45) is 4.43. The molecule has 0 aliphatic heterocycles. The lowest BCUT2D eigenvalue weighted by atomic mass is 10.1. The van der Waals surface area contributed by atoms with Gasteiger partial charge in [-0.25, -0.2) is 0 Å². The van der Waals surface area contributed by atoms with E-state index in [0.717, 1.165) is 17.9 Å². The van der Waals surface area contributed by atoms with Crippen molar-refractivity contribution in [2.75, 3.05) is 11.9 Å². The Balaban J connectivity index is 1.94. The fourth-order valence-corrected chi connectivity index (χ4v) is 1.24. The van der Waals surface area contributed by atoms with Crippen molar-refractivity contribution in [3.05, 3.63) is 17.8 Å². The second-order valence-electron chi connectivity index (χ2n) is 4.28. The van der Waals surface area contributed by atoms with Gasteiger partial charge in [-0.3, -0.25) is 0 Å². The zero-order chi connectivity index (χ0) is 9.31. The minimum atomic E-state index is 0.519. The summed E-state index contributed by atoms with van der Waals surface area (Å²) in [5.74, 6) is 0.896. The van der Waals surface area contributed by atoms with Crippen molar-refractivity contribution in [2.24, 2.45) is 5.41 Å². The van der Waals surface area contributed by atoms with Gasteiger partial charge >= 0.3 is 0 Å². The van der Waals surface area contributed by atoms with Crippen molar-refractivity contribution in [3.8, 4) is 0 Å². The van der Waals surface area contributed by atoms with Crippen LogP contribution in [0.25, 0.3) is 0 Å². The Kier molecular flexibility index (Phi) is 1.94. The number of anilines is 1. The number of hydrogen-bond donors (Lipinski definition) is 1. The normalized spacial score (nSPS) is 18.3. The Labute approximate surface area is 78.6 Å². The maximum absolute atomic E-state index is 4.01. The number of aromatic nitrogens is 2. The molecule has 1 N–H and O–H groups in total. The first-order valence-electron chi connectivity index (χ1n) is 4.71. The molecule has 0 bridgehead atoms. The van der Waals surface area contributed by atoms with Gasteiger partial charge in [0, 0.05) is 6.54 Å². The molecule has 0 spiro atoms. The molecule has 0 unspecified atom stereocenters. The number of nitrogens with one attached hydrogen (secondary N) is 1. The molecule has 2 rings (SSSR count). The third-order valence-electron chi connectivity index (χ3n) is 2.59. The van der Waals surface area contributed by atoms with Crippen molar-refractivity contribution in [1.82, 2.24) is 10.2 Å². The van der Waals surface area contributed by atoms with E-state index in [1.807, 2.05) is 13.0 Å². The third kappa shape index (κ3) is 2.17. The Morgan fingerprint density at radius 3 is 2.92 bits per heavy atom. The van der Waals surface area contributed by atoms with Gasteiger partial charge in [-0.15, -0.1) is 5.10 Å². The first-order valence-corrected chi connectivity index (χ1v) is 4.71. The highest BCUT2D eigenvalue weighted by Crippen LogP contribution is 2.44. The largest absolute Gasteiger partial charge is 0.368 e. The molecule has 1 aromatic rings. The van der Waals surface area contributed by atoms with Gasteiger partial charge in [-0.1, -0.05) is 6.92 Å². The molecule has 1 saturated carbocycles. The summed E-state index contributed by atoms with van der Waals surface area (Å²) >= 11 is 0. The predicted molar refractivity (Wildman–Crippen MR) is 52.6 cm³/mol. The van der Waals surface area contributed by atoms with Gasteiger partial charge in [-0.2, -0.15) is 5.10 Å². The van der Waals surface area contributed by atoms with E-state index in [-0.39, 0.29) is 0 Å². The molecule has 1 aliphatic rings. The molecule has 1 aromatic heterocycles. The van der Waals surface area contributed by atoms with Crippen LogP contribution in [-0.4, -0.2) is 16.7 Å². The van der Waals surface area contributed by atoms with E-state index < -0.39 is 0 Å². The number of aryl methyl sites for hydroxylation is 1. The van der Waals surface area contributed by atoms with E-state index in [1.165, 1.54) is 12.8 Å². The Bertz CT molecular complexity index is 305. The lowest BCUT2D eigenvalue weighted by molar-refractivity contribution is 0.608.